The number of ether oxygens (including phenoxy) is 2. The minimum absolute atomic E-state index is 0.0132. The van der Waals surface area contributed by atoms with E-state index in [0.29, 0.717) is 36.4 Å². The fourth-order valence-electron chi connectivity index (χ4n) is 6.36. The lowest BCUT2D eigenvalue weighted by Crippen LogP contribution is -3.15. The molecule has 1 saturated heterocycles. The average molecular weight is 481 g/mol. The molecule has 1 aromatic heterocycles. The number of amides is 1. The number of benzene rings is 1. The van der Waals surface area contributed by atoms with Gasteiger partial charge in [0.1, 0.15) is 6.54 Å². The van der Waals surface area contributed by atoms with Gasteiger partial charge in [-0.15, -0.1) is 0 Å². The number of nitrogens with one attached hydrogen (secondary N) is 1. The van der Waals surface area contributed by atoms with Gasteiger partial charge in [-0.3, -0.25) is 14.4 Å². The number of quaternary nitrogens is 1. The van der Waals surface area contributed by atoms with Crippen LogP contribution in [0.15, 0.2) is 35.1 Å². The number of Topliss-reactive ketones (excluding diaryl/α,β-unsaturated/α-hetero) is 1. The van der Waals surface area contributed by atoms with E-state index in [2.05, 4.69) is 0 Å². The van der Waals surface area contributed by atoms with E-state index in [-0.39, 0.29) is 29.7 Å². The predicted octanol–water partition coefficient (Wildman–Crippen LogP) is 0.973. The molecule has 8 nitrogen and oxygen atoms in total. The van der Waals surface area contributed by atoms with Crippen molar-refractivity contribution < 1.29 is 24.0 Å². The van der Waals surface area contributed by atoms with Gasteiger partial charge in [-0.1, -0.05) is 6.07 Å². The monoisotopic (exact) mass is 480 g/mol. The molecule has 2 aromatic rings. The zero-order valence-electron chi connectivity index (χ0n) is 20.7. The highest BCUT2D eigenvalue weighted by molar-refractivity contribution is 5.98. The summed E-state index contributed by atoms with van der Waals surface area (Å²) in [5, 5.41) is 0. The minimum atomic E-state index is -0.129. The molecule has 35 heavy (non-hydrogen) atoms. The first-order valence-corrected chi connectivity index (χ1v) is 12.5. The Morgan fingerprint density at radius 1 is 1.11 bits per heavy atom. The zero-order valence-corrected chi connectivity index (χ0v) is 20.7. The van der Waals surface area contributed by atoms with Gasteiger partial charge in [0.15, 0.2) is 17.3 Å². The Bertz CT molecular complexity index is 1210. The van der Waals surface area contributed by atoms with Crippen LogP contribution in [0.25, 0.3) is 0 Å². The molecule has 3 aliphatic rings. The zero-order chi connectivity index (χ0) is 24.7. The summed E-state index contributed by atoms with van der Waals surface area (Å²) in [5.74, 6) is 1.89. The van der Waals surface area contributed by atoms with Gasteiger partial charge >= 0.3 is 0 Å². The fraction of sp³-hybridized carbons (Fsp3) is 0.519. The first-order valence-electron chi connectivity index (χ1n) is 12.5. The molecule has 3 aliphatic heterocycles. The third kappa shape index (κ3) is 4.47. The largest absolute Gasteiger partial charge is 0.493 e. The molecule has 0 radical (unpaired) electrons. The van der Waals surface area contributed by atoms with Gasteiger partial charge in [0.2, 0.25) is 5.91 Å². The van der Waals surface area contributed by atoms with E-state index >= 15 is 0 Å². The van der Waals surface area contributed by atoms with Crippen molar-refractivity contribution >= 4 is 11.7 Å². The topological polar surface area (TPSA) is 82.3 Å². The van der Waals surface area contributed by atoms with E-state index in [4.69, 9.17) is 9.47 Å². The maximum absolute atomic E-state index is 13.1. The molecule has 1 aromatic carbocycles. The van der Waals surface area contributed by atoms with E-state index in [0.717, 1.165) is 49.3 Å². The molecule has 186 valence electrons. The lowest BCUT2D eigenvalue weighted by molar-refractivity contribution is -0.903. The Labute approximate surface area is 205 Å². The van der Waals surface area contributed by atoms with Crippen LogP contribution in [0.2, 0.25) is 0 Å². The summed E-state index contributed by atoms with van der Waals surface area (Å²) < 4.78 is 12.8. The molecule has 8 heteroatoms. The summed E-state index contributed by atoms with van der Waals surface area (Å²) in [7, 11) is 3.22. The molecule has 4 atom stereocenters. The highest BCUT2D eigenvalue weighted by Crippen LogP contribution is 2.38. The molecule has 0 aliphatic carbocycles. The molecule has 1 amide bonds. The van der Waals surface area contributed by atoms with E-state index in [9.17, 15) is 14.4 Å². The van der Waals surface area contributed by atoms with Crippen molar-refractivity contribution in [3.8, 4) is 11.5 Å². The number of methoxy groups -OCH3 is 2. The first-order chi connectivity index (χ1) is 16.9. The summed E-state index contributed by atoms with van der Waals surface area (Å²) in [6.45, 7) is 5.37. The number of carbonyl (C=O) groups is 2. The van der Waals surface area contributed by atoms with Gasteiger partial charge in [0.05, 0.1) is 39.8 Å². The number of fused-ring (bicyclic) bond motifs is 5. The number of pyridine rings is 1. The van der Waals surface area contributed by atoms with Crippen LogP contribution < -0.4 is 19.9 Å². The number of nitrogens with zero attached hydrogens (tertiary/aromatic N) is 2. The smallest absolute Gasteiger partial charge is 0.250 e. The van der Waals surface area contributed by atoms with Gasteiger partial charge in [-0.2, -0.15) is 0 Å². The van der Waals surface area contributed by atoms with Crippen LogP contribution >= 0.6 is 0 Å². The molecule has 5 rings (SSSR count). The van der Waals surface area contributed by atoms with Crippen LogP contribution in [-0.2, 0) is 22.6 Å². The minimum Gasteiger partial charge on any atom is -0.493 e. The van der Waals surface area contributed by atoms with E-state index < -0.39 is 0 Å². The molecular formula is C27H34N3O5+. The molecular weight excluding hydrogens is 446 g/mol. The highest BCUT2D eigenvalue weighted by Gasteiger charge is 2.38. The number of rotatable bonds is 6. The second-order valence-electron chi connectivity index (χ2n) is 10.2. The highest BCUT2D eigenvalue weighted by atomic mass is 16.5. The fourth-order valence-corrected chi connectivity index (χ4v) is 6.36. The van der Waals surface area contributed by atoms with Crippen LogP contribution in [0, 0.1) is 5.92 Å². The van der Waals surface area contributed by atoms with Crippen LogP contribution in [-0.4, -0.2) is 61.6 Å². The van der Waals surface area contributed by atoms with E-state index in [1.165, 1.54) is 4.90 Å². The molecule has 2 bridgehead atoms. The Hall–Kier alpha value is -3.13. The molecule has 1 N–H and O–H groups in total. The normalized spacial score (nSPS) is 24.8. The van der Waals surface area contributed by atoms with Crippen molar-refractivity contribution in [3.05, 3.63) is 57.5 Å². The van der Waals surface area contributed by atoms with Crippen molar-refractivity contribution in [3.63, 3.8) is 0 Å². The van der Waals surface area contributed by atoms with Crippen LogP contribution in [0.1, 0.15) is 48.5 Å². The Balaban J connectivity index is 1.22. The third-order valence-corrected chi connectivity index (χ3v) is 7.97. The Morgan fingerprint density at radius 3 is 2.66 bits per heavy atom. The summed E-state index contributed by atoms with van der Waals surface area (Å²) >= 11 is 0. The Morgan fingerprint density at radius 2 is 1.89 bits per heavy atom. The number of hydrogen-bond donors (Lipinski definition) is 1. The second kappa shape index (κ2) is 9.49. The van der Waals surface area contributed by atoms with Crippen LogP contribution in [0.4, 0.5) is 0 Å². The van der Waals surface area contributed by atoms with Crippen molar-refractivity contribution in [1.29, 1.82) is 0 Å². The maximum Gasteiger partial charge on any atom is 0.250 e. The Kier molecular flexibility index (Phi) is 6.40. The number of hydrogen-bond acceptors (Lipinski definition) is 5. The number of piperidine rings is 1. The number of likely N-dealkylation sites (tertiary alicyclic amines) is 1. The second-order valence-corrected chi connectivity index (χ2v) is 10.2. The lowest BCUT2D eigenvalue weighted by Gasteiger charge is -2.40. The molecule has 1 fully saturated rings. The van der Waals surface area contributed by atoms with Crippen molar-refractivity contribution in [1.82, 2.24) is 9.47 Å². The summed E-state index contributed by atoms with van der Waals surface area (Å²) in [6, 6.07) is 9.29. The lowest BCUT2D eigenvalue weighted by atomic mass is 9.83. The molecule has 0 saturated carbocycles. The van der Waals surface area contributed by atoms with Crippen molar-refractivity contribution in [2.75, 3.05) is 40.4 Å². The van der Waals surface area contributed by atoms with Gasteiger partial charge < -0.3 is 23.8 Å². The summed E-state index contributed by atoms with van der Waals surface area (Å²) in [5.41, 5.74) is 3.34. The SMILES string of the molecule is COc1cc2c(cc1OC)[C@H](C)N(C(=O)CC(=O)C[NH+]1C[C@@H]3C[C@H](C1)c1cccc(=O)n1C3)CC2. The number of ketones is 1. The van der Waals surface area contributed by atoms with Crippen LogP contribution in [0.5, 0.6) is 11.5 Å². The summed E-state index contributed by atoms with van der Waals surface area (Å²) in [4.78, 5) is 41.4. The standard InChI is InChI=1S/C27H33N3O5/c1-17-22-12-25(35-3)24(34-2)10-19(22)7-8-29(17)27(33)11-21(31)16-28-13-18-9-20(15-28)23-5-4-6-26(32)30(23)14-18/h4-6,10,12,17-18,20H,7-9,11,13-16H2,1-3H3/p+1/t17-,18-,20+/m0/s1. The van der Waals surface area contributed by atoms with Gasteiger partial charge in [0, 0.05) is 36.7 Å². The van der Waals surface area contributed by atoms with Gasteiger partial charge in [-0.25, -0.2) is 0 Å². The van der Waals surface area contributed by atoms with Crippen LogP contribution in [0.3, 0.4) is 0 Å². The van der Waals surface area contributed by atoms with Gasteiger partial charge in [0.25, 0.3) is 5.56 Å². The average Bonchev–Trinajstić information content (AvgIpc) is 2.84. The van der Waals surface area contributed by atoms with E-state index in [1.54, 1.807) is 20.3 Å². The molecule has 0 spiro atoms. The summed E-state index contributed by atoms with van der Waals surface area (Å²) in [6.07, 6.45) is 1.72. The van der Waals surface area contributed by atoms with E-state index in [1.807, 2.05) is 40.7 Å². The number of aromatic nitrogens is 1. The van der Waals surface area contributed by atoms with Crippen molar-refractivity contribution in [2.45, 2.75) is 44.7 Å². The third-order valence-electron chi connectivity index (χ3n) is 7.97. The van der Waals surface area contributed by atoms with Crippen molar-refractivity contribution in [2.24, 2.45) is 5.92 Å². The predicted molar refractivity (Wildman–Crippen MR) is 130 cm³/mol. The quantitative estimate of drug-likeness (QED) is 0.624. The molecule has 1 unspecified atom stereocenters. The first kappa shape index (κ1) is 23.6. The number of carbonyl (C=O) groups excluding carboxylic acids is 2. The maximum atomic E-state index is 13.1. The van der Waals surface area contributed by atoms with Gasteiger partial charge in [-0.05, 0) is 49.1 Å². The molecule has 4 heterocycles.